The van der Waals surface area contributed by atoms with E-state index in [9.17, 15) is 9.59 Å². The highest BCUT2D eigenvalue weighted by molar-refractivity contribution is 5.95. The molecule has 3 rings (SSSR count). The Bertz CT molecular complexity index is 849. The summed E-state index contributed by atoms with van der Waals surface area (Å²) in [6, 6.07) is 15.4. The lowest BCUT2D eigenvalue weighted by atomic mass is 10.0. The highest BCUT2D eigenvalue weighted by atomic mass is 16.5. The Kier molecular flexibility index (Phi) is 6.75. The van der Waals surface area contributed by atoms with Gasteiger partial charge in [-0.2, -0.15) is 0 Å². The predicted octanol–water partition coefficient (Wildman–Crippen LogP) is 3.54. The average molecular weight is 396 g/mol. The number of nitrogens with one attached hydrogen (secondary N) is 2. The second-order valence-electron chi connectivity index (χ2n) is 7.57. The van der Waals surface area contributed by atoms with Gasteiger partial charge in [-0.05, 0) is 42.2 Å². The van der Waals surface area contributed by atoms with Crippen LogP contribution in [0.25, 0.3) is 0 Å². The molecule has 1 aliphatic heterocycles. The van der Waals surface area contributed by atoms with Crippen LogP contribution in [0.3, 0.4) is 0 Å². The maximum Gasteiger partial charge on any atom is 0.262 e. The molecule has 29 heavy (non-hydrogen) atoms. The van der Waals surface area contributed by atoms with Crippen molar-refractivity contribution in [1.29, 1.82) is 0 Å². The summed E-state index contributed by atoms with van der Waals surface area (Å²) in [5, 5.41) is 5.81. The molecule has 0 saturated heterocycles. The standard InChI is InChI=1S/C23H29N3O3/c1-4-13-24-23(28)21-14-26(19-7-5-6-8-20(19)29-21)15-22(27)25-18-11-9-17(10-12-18)16(2)3/h5-12,16,21H,4,13-15H2,1-3H3,(H,24,28)(H,25,27)/t21-/m1/s1. The first-order valence-corrected chi connectivity index (χ1v) is 10.2. The van der Waals surface area contributed by atoms with Crippen molar-refractivity contribution in [3.05, 3.63) is 54.1 Å². The number of carbonyl (C=O) groups is 2. The third-order valence-corrected chi connectivity index (χ3v) is 4.90. The molecule has 6 nitrogen and oxygen atoms in total. The number of para-hydroxylation sites is 2. The normalized spacial score (nSPS) is 15.4. The maximum absolute atomic E-state index is 12.7. The number of carbonyl (C=O) groups excluding carboxylic acids is 2. The van der Waals surface area contributed by atoms with Crippen molar-refractivity contribution >= 4 is 23.2 Å². The summed E-state index contributed by atoms with van der Waals surface area (Å²) in [5.41, 5.74) is 2.81. The highest BCUT2D eigenvalue weighted by Crippen LogP contribution is 2.33. The van der Waals surface area contributed by atoms with E-state index in [1.54, 1.807) is 0 Å². The van der Waals surface area contributed by atoms with Crippen molar-refractivity contribution in [2.75, 3.05) is 29.9 Å². The van der Waals surface area contributed by atoms with Crippen molar-refractivity contribution in [2.24, 2.45) is 0 Å². The minimum absolute atomic E-state index is 0.133. The Morgan fingerprint density at radius 3 is 2.55 bits per heavy atom. The molecule has 0 aromatic heterocycles. The van der Waals surface area contributed by atoms with Gasteiger partial charge in [0.15, 0.2) is 6.10 Å². The fourth-order valence-electron chi connectivity index (χ4n) is 3.28. The van der Waals surface area contributed by atoms with Gasteiger partial charge in [0.1, 0.15) is 5.75 Å². The third kappa shape index (κ3) is 5.28. The largest absolute Gasteiger partial charge is 0.477 e. The molecule has 154 valence electrons. The Hall–Kier alpha value is -3.02. The van der Waals surface area contributed by atoms with Crippen LogP contribution in [-0.4, -0.2) is 37.6 Å². The number of benzene rings is 2. The zero-order valence-electron chi connectivity index (χ0n) is 17.3. The van der Waals surface area contributed by atoms with Gasteiger partial charge in [0.25, 0.3) is 5.91 Å². The van der Waals surface area contributed by atoms with Crippen molar-refractivity contribution in [3.8, 4) is 5.75 Å². The van der Waals surface area contributed by atoms with Gasteiger partial charge in [-0.3, -0.25) is 9.59 Å². The highest BCUT2D eigenvalue weighted by Gasteiger charge is 2.31. The smallest absolute Gasteiger partial charge is 0.262 e. The summed E-state index contributed by atoms with van der Waals surface area (Å²) in [6.45, 7) is 7.35. The van der Waals surface area contributed by atoms with E-state index in [1.165, 1.54) is 5.56 Å². The Morgan fingerprint density at radius 1 is 1.14 bits per heavy atom. The minimum Gasteiger partial charge on any atom is -0.477 e. The Labute approximate surface area is 172 Å². The van der Waals surface area contributed by atoms with E-state index in [4.69, 9.17) is 4.74 Å². The molecule has 0 spiro atoms. The summed E-state index contributed by atoms with van der Waals surface area (Å²) in [4.78, 5) is 27.0. The molecule has 0 fully saturated rings. The number of amides is 2. The number of rotatable bonds is 7. The lowest BCUT2D eigenvalue weighted by Gasteiger charge is -2.35. The van der Waals surface area contributed by atoms with Crippen molar-refractivity contribution in [1.82, 2.24) is 5.32 Å². The molecule has 2 aromatic carbocycles. The zero-order chi connectivity index (χ0) is 20.8. The number of nitrogens with zero attached hydrogens (tertiary/aromatic N) is 1. The van der Waals surface area contributed by atoms with Crippen LogP contribution >= 0.6 is 0 Å². The van der Waals surface area contributed by atoms with E-state index in [1.807, 2.05) is 60.4 Å². The average Bonchev–Trinajstić information content (AvgIpc) is 2.72. The van der Waals surface area contributed by atoms with E-state index < -0.39 is 6.10 Å². The van der Waals surface area contributed by atoms with E-state index in [0.29, 0.717) is 24.8 Å². The van der Waals surface area contributed by atoms with E-state index >= 15 is 0 Å². The molecule has 1 atom stereocenters. The van der Waals surface area contributed by atoms with Gasteiger partial charge in [-0.1, -0.05) is 45.0 Å². The molecule has 0 radical (unpaired) electrons. The molecule has 0 bridgehead atoms. The Morgan fingerprint density at radius 2 is 1.86 bits per heavy atom. The molecule has 1 heterocycles. The van der Waals surface area contributed by atoms with Crippen molar-refractivity contribution < 1.29 is 14.3 Å². The summed E-state index contributed by atoms with van der Waals surface area (Å²) in [6.07, 6.45) is 0.214. The van der Waals surface area contributed by atoms with Gasteiger partial charge in [-0.25, -0.2) is 0 Å². The molecular formula is C23H29N3O3. The SMILES string of the molecule is CCCNC(=O)[C@H]1CN(CC(=O)Nc2ccc(C(C)C)cc2)c2ccccc2O1. The van der Waals surface area contributed by atoms with E-state index in [2.05, 4.69) is 24.5 Å². The van der Waals surface area contributed by atoms with Gasteiger partial charge in [0, 0.05) is 12.2 Å². The van der Waals surface area contributed by atoms with Gasteiger partial charge < -0.3 is 20.3 Å². The molecular weight excluding hydrogens is 366 g/mol. The second kappa shape index (κ2) is 9.45. The minimum atomic E-state index is -0.644. The van der Waals surface area contributed by atoms with Gasteiger partial charge in [-0.15, -0.1) is 0 Å². The van der Waals surface area contributed by atoms with Gasteiger partial charge in [0.05, 0.1) is 18.8 Å². The Balaban J connectivity index is 1.69. The quantitative estimate of drug-likeness (QED) is 0.752. The van der Waals surface area contributed by atoms with Crippen LogP contribution in [0.1, 0.15) is 38.7 Å². The molecule has 0 unspecified atom stereocenters. The van der Waals surface area contributed by atoms with Crippen molar-refractivity contribution in [3.63, 3.8) is 0 Å². The first-order chi connectivity index (χ1) is 14.0. The number of anilines is 2. The fraction of sp³-hybridized carbons (Fsp3) is 0.391. The fourth-order valence-corrected chi connectivity index (χ4v) is 3.28. The first-order valence-electron chi connectivity index (χ1n) is 10.2. The molecule has 2 N–H and O–H groups in total. The summed E-state index contributed by atoms with van der Waals surface area (Å²) in [5.74, 6) is 0.771. The van der Waals surface area contributed by atoms with Crippen LogP contribution in [0.5, 0.6) is 5.75 Å². The topological polar surface area (TPSA) is 70.7 Å². The molecule has 1 aliphatic rings. The zero-order valence-corrected chi connectivity index (χ0v) is 17.3. The molecule has 2 aromatic rings. The van der Waals surface area contributed by atoms with Crippen LogP contribution in [0.15, 0.2) is 48.5 Å². The van der Waals surface area contributed by atoms with Crippen molar-refractivity contribution in [2.45, 2.75) is 39.2 Å². The van der Waals surface area contributed by atoms with Crippen LogP contribution in [0, 0.1) is 0 Å². The number of hydrogen-bond donors (Lipinski definition) is 2. The lowest BCUT2D eigenvalue weighted by molar-refractivity contribution is -0.128. The molecule has 0 saturated carbocycles. The van der Waals surface area contributed by atoms with Gasteiger partial charge >= 0.3 is 0 Å². The van der Waals surface area contributed by atoms with E-state index in [0.717, 1.165) is 17.8 Å². The number of hydrogen-bond acceptors (Lipinski definition) is 4. The van der Waals surface area contributed by atoms with Crippen LogP contribution in [0.2, 0.25) is 0 Å². The summed E-state index contributed by atoms with van der Waals surface area (Å²) in [7, 11) is 0. The molecule has 2 amide bonds. The maximum atomic E-state index is 12.7. The summed E-state index contributed by atoms with van der Waals surface area (Å²) < 4.78 is 5.87. The van der Waals surface area contributed by atoms with Crippen LogP contribution in [0.4, 0.5) is 11.4 Å². The van der Waals surface area contributed by atoms with Crippen LogP contribution in [-0.2, 0) is 9.59 Å². The monoisotopic (exact) mass is 395 g/mol. The van der Waals surface area contributed by atoms with Crippen LogP contribution < -0.4 is 20.3 Å². The first kappa shape index (κ1) is 20.7. The third-order valence-electron chi connectivity index (χ3n) is 4.90. The molecule has 6 heteroatoms. The molecule has 0 aliphatic carbocycles. The summed E-state index contributed by atoms with van der Waals surface area (Å²) >= 11 is 0. The number of fused-ring (bicyclic) bond motifs is 1. The van der Waals surface area contributed by atoms with E-state index in [-0.39, 0.29) is 18.4 Å². The second-order valence-corrected chi connectivity index (χ2v) is 7.57. The number of ether oxygens (including phenoxy) is 1. The lowest BCUT2D eigenvalue weighted by Crippen LogP contribution is -2.50. The predicted molar refractivity (Wildman–Crippen MR) is 116 cm³/mol. The van der Waals surface area contributed by atoms with Gasteiger partial charge in [0.2, 0.25) is 5.91 Å².